The van der Waals surface area contributed by atoms with E-state index in [9.17, 15) is 18.0 Å². The highest BCUT2D eigenvalue weighted by Crippen LogP contribution is 2.52. The average molecular weight is 580 g/mol. The maximum atomic E-state index is 14.9. The van der Waals surface area contributed by atoms with Gasteiger partial charge in [0.25, 0.3) is 10.0 Å². The summed E-state index contributed by atoms with van der Waals surface area (Å²) in [4.78, 5) is 34.2. The van der Waals surface area contributed by atoms with E-state index in [2.05, 4.69) is 24.0 Å². The van der Waals surface area contributed by atoms with Crippen molar-refractivity contribution in [3.05, 3.63) is 102 Å². The number of benzene rings is 3. The second-order valence-electron chi connectivity index (χ2n) is 11.5. The molecule has 7 nitrogen and oxygen atoms in total. The molecule has 1 amide bonds. The number of nitrogens with zero attached hydrogens (tertiary/aromatic N) is 2. The predicted molar refractivity (Wildman–Crippen MR) is 163 cm³/mol. The number of ketones is 1. The summed E-state index contributed by atoms with van der Waals surface area (Å²) in [7, 11) is -3.94. The van der Waals surface area contributed by atoms with Gasteiger partial charge in [-0.05, 0) is 49.1 Å². The molecule has 2 aromatic heterocycles. The van der Waals surface area contributed by atoms with E-state index in [4.69, 9.17) is 0 Å². The van der Waals surface area contributed by atoms with Crippen molar-refractivity contribution in [1.82, 2.24) is 13.9 Å². The van der Waals surface area contributed by atoms with E-state index in [0.717, 1.165) is 35.9 Å². The largest absolute Gasteiger partial charge is 0.356 e. The highest BCUT2D eigenvalue weighted by atomic mass is 32.2. The number of aromatic nitrogens is 2. The lowest BCUT2D eigenvalue weighted by Crippen LogP contribution is -2.62. The molecule has 0 spiro atoms. The molecule has 0 radical (unpaired) electrons. The van der Waals surface area contributed by atoms with E-state index in [1.54, 1.807) is 42.5 Å². The topological polar surface area (TPSA) is 92.2 Å². The second kappa shape index (κ2) is 9.98. The smallest absolute Gasteiger partial charge is 0.268 e. The number of hydrogen-bond donors (Lipinski definition) is 1. The Morgan fingerprint density at radius 1 is 0.952 bits per heavy atom. The van der Waals surface area contributed by atoms with Gasteiger partial charge in [-0.3, -0.25) is 9.59 Å². The molecule has 0 bridgehead atoms. The van der Waals surface area contributed by atoms with Gasteiger partial charge in [0.05, 0.1) is 21.9 Å². The van der Waals surface area contributed by atoms with E-state index in [-0.39, 0.29) is 16.6 Å². The van der Waals surface area contributed by atoms with E-state index >= 15 is 0 Å². The molecule has 42 heavy (non-hydrogen) atoms. The monoisotopic (exact) mass is 579 g/mol. The molecular weight excluding hydrogens is 546 g/mol. The van der Waals surface area contributed by atoms with Crippen LogP contribution in [0, 0.1) is 5.92 Å². The maximum Gasteiger partial charge on any atom is 0.268 e. The van der Waals surface area contributed by atoms with Gasteiger partial charge in [0.2, 0.25) is 5.91 Å². The van der Waals surface area contributed by atoms with Gasteiger partial charge in [-0.25, -0.2) is 12.4 Å². The Morgan fingerprint density at radius 2 is 1.67 bits per heavy atom. The highest BCUT2D eigenvalue weighted by molar-refractivity contribution is 7.90. The van der Waals surface area contributed by atoms with Crippen LogP contribution in [-0.4, -0.2) is 40.5 Å². The maximum absolute atomic E-state index is 14.9. The summed E-state index contributed by atoms with van der Waals surface area (Å²) in [5.41, 5.74) is 3.18. The minimum atomic E-state index is -3.94. The van der Waals surface area contributed by atoms with Gasteiger partial charge in [0, 0.05) is 46.7 Å². The molecule has 0 unspecified atom stereocenters. The first-order valence-electron chi connectivity index (χ1n) is 14.7. The van der Waals surface area contributed by atoms with Crippen molar-refractivity contribution in [2.24, 2.45) is 5.92 Å². The van der Waals surface area contributed by atoms with Crippen LogP contribution in [0.5, 0.6) is 0 Å². The Hall–Kier alpha value is -4.17. The number of Topliss-reactive ketones (excluding diaryl/α,β-unsaturated/α-hetero) is 1. The summed E-state index contributed by atoms with van der Waals surface area (Å²) in [6.07, 6.45) is 5.37. The number of carbonyl (C=O) groups excluding carboxylic acids is 2. The van der Waals surface area contributed by atoms with Crippen LogP contribution < -0.4 is 0 Å². The minimum absolute atomic E-state index is 0.0774. The molecule has 3 aromatic carbocycles. The van der Waals surface area contributed by atoms with Gasteiger partial charge >= 0.3 is 0 Å². The second-order valence-corrected chi connectivity index (χ2v) is 13.3. The number of para-hydroxylation sites is 2. The fraction of sp³-hybridized carbons (Fsp3) is 0.294. The third kappa shape index (κ3) is 3.81. The number of aromatic amines is 1. The third-order valence-electron chi connectivity index (χ3n) is 9.31. The van der Waals surface area contributed by atoms with Crippen molar-refractivity contribution in [3.63, 3.8) is 0 Å². The Morgan fingerprint density at radius 3 is 2.45 bits per heavy atom. The summed E-state index contributed by atoms with van der Waals surface area (Å²) < 4.78 is 28.8. The van der Waals surface area contributed by atoms with Crippen LogP contribution in [-0.2, 0) is 26.8 Å². The molecule has 2 aliphatic rings. The standard InChI is InChI=1S/C34H33N3O4S/c1-2-3-20-34-28(17-18-31(38)36(34)21-19-26-24-13-7-9-15-29(24)35-33(26)34)32(39)27-22-37(30-16-10-8-14-25(27)30)42(40,41)23-11-5-4-6-12-23/h4-16,22,28,35H,2-3,17-21H2,1H3/t28-,34+/m1/s1. The molecule has 1 saturated heterocycles. The van der Waals surface area contributed by atoms with Crippen LogP contribution in [0.25, 0.3) is 21.8 Å². The lowest BCUT2D eigenvalue weighted by Gasteiger charge is -2.54. The lowest BCUT2D eigenvalue weighted by atomic mass is 9.65. The third-order valence-corrected chi connectivity index (χ3v) is 11.0. The number of rotatable bonds is 7. The molecule has 0 aliphatic carbocycles. The summed E-state index contributed by atoms with van der Waals surface area (Å²) in [6.45, 7) is 2.69. The van der Waals surface area contributed by atoms with Crippen molar-refractivity contribution in [2.75, 3.05) is 6.54 Å². The number of piperidine rings is 1. The molecule has 8 heteroatoms. The Labute approximate surface area is 245 Å². The number of nitrogens with one attached hydrogen (secondary N) is 1. The van der Waals surface area contributed by atoms with Gasteiger partial charge in [-0.1, -0.05) is 74.4 Å². The summed E-state index contributed by atoms with van der Waals surface area (Å²) >= 11 is 0. The fourth-order valence-electron chi connectivity index (χ4n) is 7.41. The first-order valence-corrected chi connectivity index (χ1v) is 16.2. The van der Waals surface area contributed by atoms with Crippen molar-refractivity contribution < 1.29 is 18.0 Å². The molecular formula is C34H33N3O4S. The Balaban J connectivity index is 1.43. The zero-order valence-corrected chi connectivity index (χ0v) is 24.4. The van der Waals surface area contributed by atoms with E-state index < -0.39 is 21.5 Å². The molecule has 214 valence electrons. The normalized spacial score (nSPS) is 20.5. The van der Waals surface area contributed by atoms with Gasteiger partial charge in [0.1, 0.15) is 0 Å². The number of H-pyrrole nitrogens is 1. The molecule has 4 heterocycles. The summed E-state index contributed by atoms with van der Waals surface area (Å²) in [5, 5.41) is 1.74. The van der Waals surface area contributed by atoms with Crippen molar-refractivity contribution in [2.45, 2.75) is 55.9 Å². The molecule has 1 fully saturated rings. The van der Waals surface area contributed by atoms with Crippen LogP contribution >= 0.6 is 0 Å². The van der Waals surface area contributed by atoms with Crippen molar-refractivity contribution >= 4 is 43.5 Å². The molecule has 1 N–H and O–H groups in total. The molecule has 2 atom stereocenters. The quantitative estimate of drug-likeness (QED) is 0.225. The number of unbranched alkanes of at least 4 members (excludes halogenated alkanes) is 1. The van der Waals surface area contributed by atoms with E-state index in [1.165, 1.54) is 15.7 Å². The van der Waals surface area contributed by atoms with Crippen LogP contribution in [0.2, 0.25) is 0 Å². The first kappa shape index (κ1) is 26.7. The minimum Gasteiger partial charge on any atom is -0.356 e. The molecule has 7 rings (SSSR count). The number of amides is 1. The highest BCUT2D eigenvalue weighted by Gasteiger charge is 2.56. The zero-order chi connectivity index (χ0) is 29.1. The number of fused-ring (bicyclic) bond motifs is 6. The van der Waals surface area contributed by atoms with Gasteiger partial charge in [-0.2, -0.15) is 0 Å². The zero-order valence-electron chi connectivity index (χ0n) is 23.5. The number of hydrogen-bond acceptors (Lipinski definition) is 4. The molecule has 5 aromatic rings. The van der Waals surface area contributed by atoms with E-state index in [0.29, 0.717) is 42.3 Å². The summed E-state index contributed by atoms with van der Waals surface area (Å²) in [5.74, 6) is -0.561. The Kier molecular flexibility index (Phi) is 6.35. The Bertz CT molecular complexity index is 1960. The molecule has 0 saturated carbocycles. The average Bonchev–Trinajstić information content (AvgIpc) is 3.60. The van der Waals surface area contributed by atoms with Crippen LogP contribution in [0.1, 0.15) is 60.6 Å². The van der Waals surface area contributed by atoms with Crippen LogP contribution in [0.4, 0.5) is 0 Å². The van der Waals surface area contributed by atoms with Gasteiger partial charge < -0.3 is 9.88 Å². The first-order chi connectivity index (χ1) is 20.4. The van der Waals surface area contributed by atoms with Crippen LogP contribution in [0.3, 0.4) is 0 Å². The van der Waals surface area contributed by atoms with Gasteiger partial charge in [0.15, 0.2) is 5.78 Å². The van der Waals surface area contributed by atoms with Gasteiger partial charge in [-0.15, -0.1) is 0 Å². The van der Waals surface area contributed by atoms with E-state index in [1.807, 2.05) is 29.2 Å². The number of carbonyl (C=O) groups is 2. The van der Waals surface area contributed by atoms with Crippen molar-refractivity contribution in [1.29, 1.82) is 0 Å². The summed E-state index contributed by atoms with van der Waals surface area (Å²) in [6, 6.07) is 23.6. The molecule has 2 aliphatic heterocycles. The SMILES string of the molecule is CCCC[C@]12c3[nH]c4ccccc4c3CCN1C(=O)CC[C@@H]2C(=O)c1cn(S(=O)(=O)c2ccccc2)c2ccccc12. The van der Waals surface area contributed by atoms with Crippen molar-refractivity contribution in [3.8, 4) is 0 Å². The predicted octanol–water partition coefficient (Wildman–Crippen LogP) is 6.42. The fourth-order valence-corrected chi connectivity index (χ4v) is 8.80. The van der Waals surface area contributed by atoms with Crippen LogP contribution in [0.15, 0.2) is 90.0 Å². The lowest BCUT2D eigenvalue weighted by molar-refractivity contribution is -0.148.